The Bertz CT molecular complexity index is 2640. The van der Waals surface area contributed by atoms with Gasteiger partial charge in [-0.25, -0.2) is 0 Å². The minimum atomic E-state index is -0.486. The SMILES string of the molecule is [2H]c1c([2H])c([2H])c2c(N(c3ccc(-c4ccccc4)cc3)c3ccc(-c4ccc(-c5ccccc5)c(-c5ccccc5)c4)cc3)c([2H])c([2H])c([2H])c2c1[2H]. The third kappa shape index (κ3) is 5.72. The van der Waals surface area contributed by atoms with Gasteiger partial charge in [-0.15, -0.1) is 0 Å². The lowest BCUT2D eigenvalue weighted by atomic mass is 9.91. The fourth-order valence-electron chi connectivity index (χ4n) is 6.06. The number of benzene rings is 8. The molecule has 0 atom stereocenters. The topological polar surface area (TPSA) is 3.24 Å². The molecule has 47 heavy (non-hydrogen) atoms. The highest BCUT2D eigenvalue weighted by molar-refractivity contribution is 5.99. The van der Waals surface area contributed by atoms with Crippen LogP contribution < -0.4 is 4.90 Å². The van der Waals surface area contributed by atoms with Gasteiger partial charge in [-0.1, -0.05) is 164 Å². The molecule has 0 saturated heterocycles. The summed E-state index contributed by atoms with van der Waals surface area (Å²) in [5.74, 6) is 0. The van der Waals surface area contributed by atoms with Crippen LogP contribution in [0.1, 0.15) is 9.60 Å². The highest BCUT2D eigenvalue weighted by Crippen LogP contribution is 2.41. The summed E-state index contributed by atoms with van der Waals surface area (Å²) in [6, 6.07) is 49.7. The van der Waals surface area contributed by atoms with Crippen LogP contribution in [0, 0.1) is 0 Å². The molecule has 0 unspecified atom stereocenters. The Kier molecular flexibility index (Phi) is 5.81. The van der Waals surface area contributed by atoms with E-state index in [2.05, 4.69) is 42.5 Å². The lowest BCUT2D eigenvalue weighted by Gasteiger charge is -2.27. The summed E-state index contributed by atoms with van der Waals surface area (Å²) in [5.41, 5.74) is 9.76. The van der Waals surface area contributed by atoms with E-state index in [9.17, 15) is 1.37 Å². The first-order valence-electron chi connectivity index (χ1n) is 19.0. The lowest BCUT2D eigenvalue weighted by molar-refractivity contribution is 1.30. The predicted octanol–water partition coefficient (Wildman–Crippen LogP) is 13.0. The summed E-state index contributed by atoms with van der Waals surface area (Å²) in [4.78, 5) is 1.76. The molecule has 0 aliphatic rings. The van der Waals surface area contributed by atoms with Crippen molar-refractivity contribution in [3.05, 3.63) is 200 Å². The molecule has 0 spiro atoms. The predicted molar refractivity (Wildman–Crippen MR) is 200 cm³/mol. The quantitative estimate of drug-likeness (QED) is 0.174. The van der Waals surface area contributed by atoms with Gasteiger partial charge in [0.15, 0.2) is 0 Å². The highest BCUT2D eigenvalue weighted by Gasteiger charge is 2.16. The van der Waals surface area contributed by atoms with E-state index in [0.29, 0.717) is 11.4 Å². The second-order valence-corrected chi connectivity index (χ2v) is 11.3. The molecule has 1 nitrogen and oxygen atoms in total. The van der Waals surface area contributed by atoms with Gasteiger partial charge in [0, 0.05) is 16.8 Å². The number of rotatable bonds is 7. The third-order valence-corrected chi connectivity index (χ3v) is 8.40. The van der Waals surface area contributed by atoms with Crippen molar-refractivity contribution in [1.29, 1.82) is 0 Å². The molecule has 1 heteroatoms. The minimum absolute atomic E-state index is 0.0206. The number of anilines is 3. The van der Waals surface area contributed by atoms with Crippen LogP contribution in [0.25, 0.3) is 55.3 Å². The van der Waals surface area contributed by atoms with E-state index in [4.69, 9.17) is 8.22 Å². The monoisotopic (exact) mass is 606 g/mol. The maximum Gasteiger partial charge on any atom is 0.0645 e. The van der Waals surface area contributed by atoms with E-state index < -0.39 is 30.2 Å². The van der Waals surface area contributed by atoms with Gasteiger partial charge < -0.3 is 4.90 Å². The van der Waals surface area contributed by atoms with Crippen molar-refractivity contribution in [3.63, 3.8) is 0 Å². The van der Waals surface area contributed by atoms with Crippen molar-refractivity contribution in [1.82, 2.24) is 0 Å². The largest absolute Gasteiger partial charge is 0.310 e. The summed E-state index contributed by atoms with van der Waals surface area (Å²) in [6.07, 6.45) is 0. The van der Waals surface area contributed by atoms with Crippen LogP contribution >= 0.6 is 0 Å². The molecule has 0 N–H and O–H groups in total. The van der Waals surface area contributed by atoms with Gasteiger partial charge in [-0.05, 0) is 86.3 Å². The van der Waals surface area contributed by atoms with Gasteiger partial charge in [0.05, 0.1) is 15.3 Å². The number of hydrogen-bond acceptors (Lipinski definition) is 1. The number of nitrogens with zero attached hydrogens (tertiary/aromatic N) is 1. The van der Waals surface area contributed by atoms with Crippen molar-refractivity contribution in [2.24, 2.45) is 0 Å². The van der Waals surface area contributed by atoms with Crippen LogP contribution in [-0.4, -0.2) is 0 Å². The van der Waals surface area contributed by atoms with Crippen molar-refractivity contribution < 1.29 is 9.60 Å². The molecule has 0 heterocycles. The van der Waals surface area contributed by atoms with E-state index in [-0.39, 0.29) is 28.5 Å². The first-order valence-corrected chi connectivity index (χ1v) is 15.5. The maximum absolute atomic E-state index is 9.19. The van der Waals surface area contributed by atoms with Crippen molar-refractivity contribution in [3.8, 4) is 44.5 Å². The second kappa shape index (κ2) is 12.7. The minimum Gasteiger partial charge on any atom is -0.310 e. The maximum atomic E-state index is 9.19. The van der Waals surface area contributed by atoms with Gasteiger partial charge in [-0.2, -0.15) is 0 Å². The molecule has 0 aromatic heterocycles. The average molecular weight is 607 g/mol. The molecule has 0 bridgehead atoms. The summed E-state index contributed by atoms with van der Waals surface area (Å²) in [6.45, 7) is 0. The molecule has 0 saturated carbocycles. The molecule has 8 aromatic carbocycles. The highest BCUT2D eigenvalue weighted by atomic mass is 15.1. The number of fused-ring (bicyclic) bond motifs is 1. The normalized spacial score (nSPS) is 13.1. The van der Waals surface area contributed by atoms with Gasteiger partial charge in [0.25, 0.3) is 0 Å². The third-order valence-electron chi connectivity index (χ3n) is 8.40. The summed E-state index contributed by atoms with van der Waals surface area (Å²) < 4.78 is 61.2. The molecular weight excluding hydrogens is 567 g/mol. The van der Waals surface area contributed by atoms with Crippen LogP contribution in [0.4, 0.5) is 17.1 Å². The molecule has 0 radical (unpaired) electrons. The summed E-state index contributed by atoms with van der Waals surface area (Å²) in [7, 11) is 0. The van der Waals surface area contributed by atoms with Crippen LogP contribution in [0.15, 0.2) is 200 Å². The molecule has 222 valence electrons. The standard InChI is InChI=1S/C46H33N/c1-4-13-34(14-5-1)35-23-28-41(29-24-35)47(46-22-12-20-38-19-10-11-21-44(38)46)42-30-25-36(26-31-42)40-27-32-43(37-15-6-2-7-16-37)45(33-40)39-17-8-3-9-18-39/h1-33H/i10D,11D,12D,19D,20D,21D,22D. The Morgan fingerprint density at radius 2 is 0.830 bits per heavy atom. The Labute approximate surface area is 286 Å². The molecule has 0 aliphatic carbocycles. The zero-order valence-electron chi connectivity index (χ0n) is 32.5. The lowest BCUT2D eigenvalue weighted by Crippen LogP contribution is -2.10. The van der Waals surface area contributed by atoms with E-state index in [1.165, 1.54) is 0 Å². The van der Waals surface area contributed by atoms with E-state index >= 15 is 0 Å². The Balaban J connectivity index is 1.31. The smallest absolute Gasteiger partial charge is 0.0645 e. The van der Waals surface area contributed by atoms with E-state index in [1.54, 1.807) is 4.90 Å². The fraction of sp³-hybridized carbons (Fsp3) is 0. The molecule has 8 aromatic rings. The summed E-state index contributed by atoms with van der Waals surface area (Å²) >= 11 is 0. The number of hydrogen-bond donors (Lipinski definition) is 0. The van der Waals surface area contributed by atoms with Crippen molar-refractivity contribution in [2.75, 3.05) is 4.90 Å². The summed E-state index contributed by atoms with van der Waals surface area (Å²) in [5, 5.41) is -0.0707. The Hall–Kier alpha value is -6.18. The van der Waals surface area contributed by atoms with Gasteiger partial charge >= 0.3 is 0 Å². The van der Waals surface area contributed by atoms with Crippen LogP contribution in [0.2, 0.25) is 0 Å². The van der Waals surface area contributed by atoms with Crippen LogP contribution in [0.5, 0.6) is 0 Å². The van der Waals surface area contributed by atoms with Crippen molar-refractivity contribution in [2.45, 2.75) is 0 Å². The van der Waals surface area contributed by atoms with Gasteiger partial charge in [0.2, 0.25) is 0 Å². The second-order valence-electron chi connectivity index (χ2n) is 11.3. The average Bonchev–Trinajstić information content (AvgIpc) is 3.23. The van der Waals surface area contributed by atoms with Crippen LogP contribution in [-0.2, 0) is 0 Å². The fourth-order valence-corrected chi connectivity index (χ4v) is 6.06. The Morgan fingerprint density at radius 1 is 0.362 bits per heavy atom. The van der Waals surface area contributed by atoms with Gasteiger partial charge in [-0.3, -0.25) is 0 Å². The molecule has 0 aliphatic heterocycles. The molecular formula is C46H33N. The van der Waals surface area contributed by atoms with Gasteiger partial charge in [0.1, 0.15) is 0 Å². The van der Waals surface area contributed by atoms with Crippen molar-refractivity contribution >= 4 is 27.8 Å². The zero-order chi connectivity index (χ0) is 37.5. The first-order chi connectivity index (χ1) is 26.2. The first kappa shape index (κ1) is 21.5. The van der Waals surface area contributed by atoms with Crippen LogP contribution in [0.3, 0.4) is 0 Å². The zero-order valence-corrected chi connectivity index (χ0v) is 25.5. The van der Waals surface area contributed by atoms with E-state index in [0.717, 1.165) is 44.5 Å². The Morgan fingerprint density at radius 3 is 1.45 bits per heavy atom. The molecule has 0 amide bonds. The van der Waals surface area contributed by atoms with E-state index in [1.807, 2.05) is 115 Å². The molecule has 8 rings (SSSR count). The molecule has 0 fully saturated rings.